The molecule has 17 heavy (non-hydrogen) atoms. The van der Waals surface area contributed by atoms with Crippen molar-refractivity contribution in [3.05, 3.63) is 17.8 Å². The Hall–Kier alpha value is -1.65. The number of hydrogen-bond acceptors (Lipinski definition) is 4. The zero-order valence-corrected chi connectivity index (χ0v) is 10.9. The number of rotatable bonds is 5. The molecule has 0 unspecified atom stereocenters. The molecule has 0 aliphatic carbocycles. The molecule has 5 nitrogen and oxygen atoms in total. The molecule has 0 saturated heterocycles. The van der Waals surface area contributed by atoms with Gasteiger partial charge in [0.1, 0.15) is 5.82 Å². The predicted molar refractivity (Wildman–Crippen MR) is 68.0 cm³/mol. The molecule has 0 atom stereocenters. The lowest BCUT2D eigenvalue weighted by Crippen LogP contribution is -2.45. The molecule has 0 aliphatic rings. The number of nitrogens with one attached hydrogen (secondary N) is 2. The summed E-state index contributed by atoms with van der Waals surface area (Å²) in [7, 11) is 1.76. The summed E-state index contributed by atoms with van der Waals surface area (Å²) in [6, 6.07) is 3.40. The minimum absolute atomic E-state index is 0.175. The summed E-state index contributed by atoms with van der Waals surface area (Å²) in [5.41, 5.74) is 0.164. The summed E-state index contributed by atoms with van der Waals surface area (Å²) < 4.78 is 0. The lowest BCUT2D eigenvalue weighted by molar-refractivity contribution is 0.0895. The van der Waals surface area contributed by atoms with E-state index in [1.54, 1.807) is 19.2 Å². The summed E-state index contributed by atoms with van der Waals surface area (Å²) in [4.78, 5) is 11.9. The molecule has 0 spiro atoms. The Bertz CT molecular complexity index is 371. The van der Waals surface area contributed by atoms with E-state index in [9.17, 15) is 4.79 Å². The maximum atomic E-state index is 11.9. The highest BCUT2D eigenvalue weighted by Crippen LogP contribution is 2.14. The van der Waals surface area contributed by atoms with Crippen LogP contribution in [0.15, 0.2) is 12.1 Å². The summed E-state index contributed by atoms with van der Waals surface area (Å²) in [5, 5.41) is 13.6. The molecular formula is C12H20N4O. The van der Waals surface area contributed by atoms with Crippen LogP contribution >= 0.6 is 0 Å². The van der Waals surface area contributed by atoms with Crippen LogP contribution in [0.3, 0.4) is 0 Å². The highest BCUT2D eigenvalue weighted by Gasteiger charge is 2.23. The van der Waals surface area contributed by atoms with E-state index in [1.165, 1.54) is 0 Å². The molecule has 1 aromatic heterocycles. The van der Waals surface area contributed by atoms with Crippen LogP contribution in [0.5, 0.6) is 0 Å². The third-order valence-electron chi connectivity index (χ3n) is 3.13. The van der Waals surface area contributed by atoms with E-state index in [0.29, 0.717) is 11.5 Å². The minimum Gasteiger partial charge on any atom is -0.372 e. The molecule has 0 saturated carbocycles. The number of nitrogens with zero attached hydrogens (tertiary/aromatic N) is 2. The van der Waals surface area contributed by atoms with Crippen molar-refractivity contribution in [3.63, 3.8) is 0 Å². The van der Waals surface area contributed by atoms with Gasteiger partial charge in [-0.05, 0) is 31.9 Å². The second-order valence-electron chi connectivity index (χ2n) is 4.28. The molecule has 0 bridgehead atoms. The molecule has 1 heterocycles. The van der Waals surface area contributed by atoms with Gasteiger partial charge in [0, 0.05) is 12.6 Å². The maximum absolute atomic E-state index is 11.9. The summed E-state index contributed by atoms with van der Waals surface area (Å²) in [6.45, 7) is 6.14. The molecule has 0 aromatic carbocycles. The van der Waals surface area contributed by atoms with E-state index < -0.39 is 0 Å². The van der Waals surface area contributed by atoms with Crippen molar-refractivity contribution in [1.82, 2.24) is 15.5 Å². The first-order valence-electron chi connectivity index (χ1n) is 5.88. The first-order valence-corrected chi connectivity index (χ1v) is 5.88. The monoisotopic (exact) mass is 236 g/mol. The molecule has 1 amide bonds. The Balaban J connectivity index is 2.75. The Morgan fingerprint density at radius 2 is 1.94 bits per heavy atom. The van der Waals surface area contributed by atoms with E-state index in [1.807, 2.05) is 6.92 Å². The van der Waals surface area contributed by atoms with Gasteiger partial charge in [0.05, 0.1) is 0 Å². The Kier molecular flexibility index (Phi) is 4.43. The second-order valence-corrected chi connectivity index (χ2v) is 4.28. The average molecular weight is 236 g/mol. The fraction of sp³-hybridized carbons (Fsp3) is 0.583. The number of carbonyl (C=O) groups excluding carboxylic acids is 1. The van der Waals surface area contributed by atoms with Gasteiger partial charge >= 0.3 is 0 Å². The first kappa shape index (κ1) is 13.4. The highest BCUT2D eigenvalue weighted by atomic mass is 16.2. The normalized spacial score (nSPS) is 11.1. The van der Waals surface area contributed by atoms with Crippen molar-refractivity contribution in [3.8, 4) is 0 Å². The van der Waals surface area contributed by atoms with Crippen LogP contribution in [0.2, 0.25) is 0 Å². The topological polar surface area (TPSA) is 66.9 Å². The molecule has 0 radical (unpaired) electrons. The van der Waals surface area contributed by atoms with E-state index >= 15 is 0 Å². The smallest absolute Gasteiger partial charge is 0.272 e. The van der Waals surface area contributed by atoms with Crippen molar-refractivity contribution >= 4 is 11.7 Å². The molecule has 0 fully saturated rings. The van der Waals surface area contributed by atoms with Crippen molar-refractivity contribution < 1.29 is 4.79 Å². The van der Waals surface area contributed by atoms with Gasteiger partial charge in [0.25, 0.3) is 5.91 Å². The van der Waals surface area contributed by atoms with E-state index in [2.05, 4.69) is 34.7 Å². The number of hydrogen-bond donors (Lipinski definition) is 2. The van der Waals surface area contributed by atoms with Crippen LogP contribution in [0.4, 0.5) is 5.82 Å². The number of aromatic nitrogens is 2. The van der Waals surface area contributed by atoms with E-state index in [0.717, 1.165) is 12.8 Å². The van der Waals surface area contributed by atoms with Crippen LogP contribution in [-0.4, -0.2) is 28.7 Å². The maximum Gasteiger partial charge on any atom is 0.272 e. The largest absolute Gasteiger partial charge is 0.372 e. The van der Waals surface area contributed by atoms with Crippen LogP contribution in [0.1, 0.15) is 44.1 Å². The fourth-order valence-corrected chi connectivity index (χ4v) is 1.35. The zero-order valence-electron chi connectivity index (χ0n) is 10.9. The van der Waals surface area contributed by atoms with Crippen molar-refractivity contribution in [1.29, 1.82) is 0 Å². The predicted octanol–water partition coefficient (Wildman–Crippen LogP) is 1.83. The summed E-state index contributed by atoms with van der Waals surface area (Å²) in [5.74, 6) is 0.474. The van der Waals surface area contributed by atoms with Gasteiger partial charge in [-0.3, -0.25) is 4.79 Å². The van der Waals surface area contributed by atoms with Crippen molar-refractivity contribution in [2.24, 2.45) is 0 Å². The number of anilines is 1. The molecule has 94 valence electrons. The van der Waals surface area contributed by atoms with Crippen LogP contribution < -0.4 is 10.6 Å². The third kappa shape index (κ3) is 3.41. The number of carbonyl (C=O) groups is 1. The van der Waals surface area contributed by atoms with E-state index in [-0.39, 0.29) is 11.4 Å². The van der Waals surface area contributed by atoms with Crippen molar-refractivity contribution in [2.75, 3.05) is 12.4 Å². The molecule has 1 aromatic rings. The van der Waals surface area contributed by atoms with E-state index in [4.69, 9.17) is 0 Å². The van der Waals surface area contributed by atoms with Gasteiger partial charge in [-0.15, -0.1) is 10.2 Å². The van der Waals surface area contributed by atoms with Gasteiger partial charge in [0.2, 0.25) is 0 Å². The standard InChI is InChI=1S/C12H20N4O/c1-5-12(3,6-2)14-11(17)9-7-8-10(13-4)16-15-9/h7-8H,5-6H2,1-4H3,(H,13,16)(H,14,17). The van der Waals surface area contributed by atoms with Crippen LogP contribution in [0.25, 0.3) is 0 Å². The SMILES string of the molecule is CCC(C)(CC)NC(=O)c1ccc(NC)nn1. The fourth-order valence-electron chi connectivity index (χ4n) is 1.35. The lowest BCUT2D eigenvalue weighted by atomic mass is 9.95. The minimum atomic E-state index is -0.180. The Labute approximate surface area is 102 Å². The van der Waals surface area contributed by atoms with Crippen molar-refractivity contribution in [2.45, 2.75) is 39.2 Å². The van der Waals surface area contributed by atoms with Crippen LogP contribution in [0, 0.1) is 0 Å². The van der Waals surface area contributed by atoms with Gasteiger partial charge in [-0.1, -0.05) is 13.8 Å². The molecule has 5 heteroatoms. The molecule has 0 aliphatic heterocycles. The molecular weight excluding hydrogens is 216 g/mol. The first-order chi connectivity index (χ1) is 8.04. The third-order valence-corrected chi connectivity index (χ3v) is 3.13. The van der Waals surface area contributed by atoms with Gasteiger partial charge < -0.3 is 10.6 Å². The lowest BCUT2D eigenvalue weighted by Gasteiger charge is -2.27. The van der Waals surface area contributed by atoms with Gasteiger partial charge in [-0.2, -0.15) is 0 Å². The Morgan fingerprint density at radius 1 is 1.29 bits per heavy atom. The number of amides is 1. The van der Waals surface area contributed by atoms with Gasteiger partial charge in [0.15, 0.2) is 5.69 Å². The molecule has 1 rings (SSSR count). The second kappa shape index (κ2) is 5.61. The van der Waals surface area contributed by atoms with Crippen LogP contribution in [-0.2, 0) is 0 Å². The summed E-state index contributed by atoms with van der Waals surface area (Å²) in [6.07, 6.45) is 1.77. The quantitative estimate of drug-likeness (QED) is 0.818. The summed E-state index contributed by atoms with van der Waals surface area (Å²) >= 11 is 0. The highest BCUT2D eigenvalue weighted by molar-refractivity contribution is 5.92. The Morgan fingerprint density at radius 3 is 2.35 bits per heavy atom. The average Bonchev–Trinajstić information content (AvgIpc) is 2.38. The zero-order chi connectivity index (χ0) is 12.9. The molecule has 2 N–H and O–H groups in total. The van der Waals surface area contributed by atoms with Gasteiger partial charge in [-0.25, -0.2) is 0 Å².